The highest BCUT2D eigenvalue weighted by molar-refractivity contribution is 6.12. The predicted octanol–water partition coefficient (Wildman–Crippen LogP) is 8.10. The molecule has 31 heavy (non-hydrogen) atoms. The molecular formula is C26H38F2N2O. The lowest BCUT2D eigenvalue weighted by Crippen LogP contribution is -2.20. The molecule has 0 radical (unpaired) electrons. The van der Waals surface area contributed by atoms with E-state index in [0.29, 0.717) is 0 Å². The third kappa shape index (κ3) is 9.75. The van der Waals surface area contributed by atoms with Gasteiger partial charge in [0.2, 0.25) is 0 Å². The zero-order chi connectivity index (χ0) is 22.3. The van der Waals surface area contributed by atoms with Crippen molar-refractivity contribution in [2.75, 3.05) is 5.01 Å². The third-order valence-corrected chi connectivity index (χ3v) is 5.70. The molecule has 1 aromatic rings. The largest absolute Gasteiger partial charge is 0.272 e. The number of benzene rings is 1. The Kier molecular flexibility index (Phi) is 12.1. The van der Waals surface area contributed by atoms with E-state index < -0.39 is 11.6 Å². The molecule has 0 unspecified atom stereocenters. The first-order valence-electron chi connectivity index (χ1n) is 12.1. The van der Waals surface area contributed by atoms with Gasteiger partial charge in [-0.25, -0.2) is 8.78 Å². The Morgan fingerprint density at radius 2 is 1.52 bits per heavy atom. The van der Waals surface area contributed by atoms with Gasteiger partial charge in [0.05, 0.1) is 6.42 Å². The van der Waals surface area contributed by atoms with Gasteiger partial charge in [0.15, 0.2) is 5.82 Å². The number of rotatable bonds is 16. The molecule has 0 fully saturated rings. The number of halogens is 2. The first kappa shape index (κ1) is 25.2. The summed E-state index contributed by atoms with van der Waals surface area (Å²) in [4.78, 5) is 12.1. The number of carbonyl (C=O) groups excluding carboxylic acids is 1. The molecule has 0 bridgehead atoms. The van der Waals surface area contributed by atoms with Crippen LogP contribution >= 0.6 is 0 Å². The van der Waals surface area contributed by atoms with Gasteiger partial charge in [-0.15, -0.1) is 0 Å². The molecule has 1 heterocycles. The van der Waals surface area contributed by atoms with Gasteiger partial charge in [0, 0.05) is 11.8 Å². The Balaban J connectivity index is 1.50. The average molecular weight is 433 g/mol. The second-order valence-corrected chi connectivity index (χ2v) is 8.48. The normalized spacial score (nSPS) is 14.1. The maximum atomic E-state index is 13.9. The number of hydrogen-bond donors (Lipinski definition) is 0. The summed E-state index contributed by atoms with van der Waals surface area (Å²) >= 11 is 0. The van der Waals surface area contributed by atoms with Crippen molar-refractivity contribution in [3.05, 3.63) is 42.0 Å². The lowest BCUT2D eigenvalue weighted by atomic mass is 10.1. The van der Waals surface area contributed by atoms with Crippen LogP contribution in [0.2, 0.25) is 0 Å². The van der Waals surface area contributed by atoms with Crippen molar-refractivity contribution in [3.63, 3.8) is 0 Å². The zero-order valence-corrected chi connectivity index (χ0v) is 19.1. The van der Waals surface area contributed by atoms with E-state index in [-0.39, 0.29) is 18.0 Å². The molecule has 0 saturated heterocycles. The average Bonchev–Trinajstić information content (AvgIpc) is 3.11. The van der Waals surface area contributed by atoms with Crippen LogP contribution in [0.4, 0.5) is 14.5 Å². The van der Waals surface area contributed by atoms with Gasteiger partial charge in [-0.3, -0.25) is 4.79 Å². The van der Waals surface area contributed by atoms with Crippen molar-refractivity contribution >= 4 is 17.3 Å². The van der Waals surface area contributed by atoms with Crippen molar-refractivity contribution in [1.29, 1.82) is 0 Å². The first-order chi connectivity index (χ1) is 15.1. The third-order valence-electron chi connectivity index (χ3n) is 5.70. The topological polar surface area (TPSA) is 32.7 Å². The zero-order valence-electron chi connectivity index (χ0n) is 19.1. The fraction of sp³-hybridized carbons (Fsp3) is 0.615. The summed E-state index contributed by atoms with van der Waals surface area (Å²) in [5.74, 6) is -1.68. The minimum absolute atomic E-state index is 0.0194. The van der Waals surface area contributed by atoms with E-state index in [4.69, 9.17) is 0 Å². The molecule has 1 aromatic carbocycles. The van der Waals surface area contributed by atoms with Crippen LogP contribution in [0.1, 0.15) is 103 Å². The molecule has 1 amide bonds. The number of allylic oxidation sites excluding steroid dienone is 2. The van der Waals surface area contributed by atoms with Gasteiger partial charge in [-0.05, 0) is 50.7 Å². The summed E-state index contributed by atoms with van der Waals surface area (Å²) in [5.41, 5.74) is 0.803. The Morgan fingerprint density at radius 3 is 2.16 bits per heavy atom. The second kappa shape index (κ2) is 14.9. The van der Waals surface area contributed by atoms with Crippen molar-refractivity contribution in [1.82, 2.24) is 0 Å². The second-order valence-electron chi connectivity index (χ2n) is 8.48. The SMILES string of the molecule is CCCCCCCC/C=C\CCCCCCCC1=NN(c2ccc(F)cc2F)C(=O)C1. The van der Waals surface area contributed by atoms with Crippen LogP contribution in [0.5, 0.6) is 0 Å². The van der Waals surface area contributed by atoms with Crippen LogP contribution < -0.4 is 5.01 Å². The molecule has 172 valence electrons. The van der Waals surface area contributed by atoms with E-state index in [0.717, 1.165) is 48.5 Å². The minimum Gasteiger partial charge on any atom is -0.272 e. The van der Waals surface area contributed by atoms with Gasteiger partial charge in [0.25, 0.3) is 5.91 Å². The summed E-state index contributed by atoms with van der Waals surface area (Å²) in [7, 11) is 0. The van der Waals surface area contributed by atoms with Gasteiger partial charge in [0.1, 0.15) is 11.5 Å². The van der Waals surface area contributed by atoms with Crippen molar-refractivity contribution < 1.29 is 13.6 Å². The lowest BCUT2D eigenvalue weighted by molar-refractivity contribution is -0.116. The van der Waals surface area contributed by atoms with E-state index in [9.17, 15) is 13.6 Å². The molecule has 1 aliphatic rings. The van der Waals surface area contributed by atoms with E-state index in [1.165, 1.54) is 70.3 Å². The van der Waals surface area contributed by atoms with E-state index in [1.54, 1.807) is 0 Å². The van der Waals surface area contributed by atoms with Crippen LogP contribution in [0.15, 0.2) is 35.5 Å². The molecular weight excluding hydrogens is 394 g/mol. The minimum atomic E-state index is -0.764. The summed E-state index contributed by atoms with van der Waals surface area (Å²) in [5, 5.41) is 5.33. The van der Waals surface area contributed by atoms with Crippen LogP contribution in [0.25, 0.3) is 0 Å². The Hall–Kier alpha value is -2.04. The highest BCUT2D eigenvalue weighted by atomic mass is 19.1. The van der Waals surface area contributed by atoms with Gasteiger partial charge in [-0.2, -0.15) is 10.1 Å². The standard InChI is InChI=1S/C26H38F2N2O/c1-2-3-4-5-6-7-8-9-10-11-12-13-14-15-16-17-23-21-26(31)30(29-23)25-19-18-22(27)20-24(25)28/h9-10,18-20H,2-8,11-17,21H2,1H3/b10-9-. The maximum absolute atomic E-state index is 13.9. The fourth-order valence-electron chi connectivity index (χ4n) is 3.86. The maximum Gasteiger partial charge on any atom is 0.253 e. The molecule has 0 aromatic heterocycles. The summed E-state index contributed by atoms with van der Waals surface area (Å²) in [6, 6.07) is 3.18. The van der Waals surface area contributed by atoms with Crippen molar-refractivity contribution in [3.8, 4) is 0 Å². The van der Waals surface area contributed by atoms with Gasteiger partial charge in [-0.1, -0.05) is 70.4 Å². The molecule has 1 aliphatic heterocycles. The van der Waals surface area contributed by atoms with E-state index in [1.807, 2.05) is 0 Å². The fourth-order valence-corrected chi connectivity index (χ4v) is 3.86. The lowest BCUT2D eigenvalue weighted by Gasteiger charge is -2.12. The predicted molar refractivity (Wildman–Crippen MR) is 125 cm³/mol. The number of amides is 1. The number of nitrogens with zero attached hydrogens (tertiary/aromatic N) is 2. The van der Waals surface area contributed by atoms with Crippen molar-refractivity contribution in [2.24, 2.45) is 5.10 Å². The van der Waals surface area contributed by atoms with Crippen LogP contribution in [0.3, 0.4) is 0 Å². The van der Waals surface area contributed by atoms with E-state index in [2.05, 4.69) is 24.2 Å². The monoisotopic (exact) mass is 432 g/mol. The number of unbranched alkanes of at least 4 members (excludes halogenated alkanes) is 11. The Morgan fingerprint density at radius 1 is 0.903 bits per heavy atom. The number of hydrogen-bond acceptors (Lipinski definition) is 2. The van der Waals surface area contributed by atoms with Gasteiger partial charge >= 0.3 is 0 Å². The van der Waals surface area contributed by atoms with Crippen LogP contribution in [-0.2, 0) is 4.79 Å². The number of carbonyl (C=O) groups is 1. The molecule has 0 spiro atoms. The van der Waals surface area contributed by atoms with E-state index >= 15 is 0 Å². The molecule has 5 heteroatoms. The van der Waals surface area contributed by atoms with Crippen molar-refractivity contribution in [2.45, 2.75) is 103 Å². The summed E-state index contributed by atoms with van der Waals surface area (Å²) < 4.78 is 27.0. The quantitative estimate of drug-likeness (QED) is 0.192. The summed E-state index contributed by atoms with van der Waals surface area (Å²) in [6.45, 7) is 2.25. The molecule has 0 aliphatic carbocycles. The Labute approximate surface area is 186 Å². The highest BCUT2D eigenvalue weighted by Crippen LogP contribution is 2.25. The van der Waals surface area contributed by atoms with Gasteiger partial charge < -0.3 is 0 Å². The summed E-state index contributed by atoms with van der Waals surface area (Å²) in [6.07, 6.45) is 21.9. The number of hydrazone groups is 1. The Bertz CT molecular complexity index is 730. The highest BCUT2D eigenvalue weighted by Gasteiger charge is 2.26. The molecule has 0 N–H and O–H groups in total. The number of anilines is 1. The molecule has 2 rings (SSSR count). The molecule has 0 atom stereocenters. The van der Waals surface area contributed by atoms with Crippen LogP contribution in [-0.4, -0.2) is 11.6 Å². The molecule has 3 nitrogen and oxygen atoms in total. The van der Waals surface area contributed by atoms with Crippen LogP contribution in [0, 0.1) is 11.6 Å². The smallest absolute Gasteiger partial charge is 0.253 e. The molecule has 0 saturated carbocycles. The first-order valence-corrected chi connectivity index (χ1v) is 12.1.